The summed E-state index contributed by atoms with van der Waals surface area (Å²) in [5.41, 5.74) is 6.45. The van der Waals surface area contributed by atoms with Gasteiger partial charge in [-0.15, -0.1) is 0 Å². The maximum atomic E-state index is 13.0. The van der Waals surface area contributed by atoms with Crippen LogP contribution in [0.15, 0.2) is 24.4 Å². The minimum atomic E-state index is -2.60. The van der Waals surface area contributed by atoms with Crippen molar-refractivity contribution in [3.63, 3.8) is 0 Å². The van der Waals surface area contributed by atoms with E-state index < -0.39 is 6.43 Å². The molecule has 0 saturated heterocycles. The minimum Gasteiger partial charge on any atom is -0.496 e. The lowest BCUT2D eigenvalue weighted by molar-refractivity contribution is 0.151. The molecule has 1 aromatic heterocycles. The van der Waals surface area contributed by atoms with Crippen LogP contribution in [0.25, 0.3) is 11.1 Å². The highest BCUT2D eigenvalue weighted by atomic mass is 19.3. The normalized spacial score (nSPS) is 10.9. The Morgan fingerprint density at radius 1 is 1.39 bits per heavy atom. The highest BCUT2D eigenvalue weighted by Gasteiger charge is 2.21. The van der Waals surface area contributed by atoms with Crippen molar-refractivity contribution in [1.29, 1.82) is 0 Å². The number of hydrogen-bond donors (Lipinski definition) is 1. The van der Waals surface area contributed by atoms with E-state index in [4.69, 9.17) is 10.5 Å². The number of nitrogen functional groups attached to an aromatic ring is 1. The Balaban J connectivity index is 2.71. The molecule has 2 rings (SSSR count). The third kappa shape index (κ3) is 1.90. The molecule has 6 heteroatoms. The van der Waals surface area contributed by atoms with Gasteiger partial charge in [-0.25, -0.2) is 8.78 Å². The van der Waals surface area contributed by atoms with Gasteiger partial charge in [0.2, 0.25) is 0 Å². The number of aromatic nitrogens is 2. The molecule has 0 saturated carbocycles. The lowest BCUT2D eigenvalue weighted by Gasteiger charge is -2.13. The van der Waals surface area contributed by atoms with E-state index in [0.717, 1.165) is 0 Å². The van der Waals surface area contributed by atoms with Crippen molar-refractivity contribution in [3.8, 4) is 16.9 Å². The number of alkyl halides is 2. The van der Waals surface area contributed by atoms with Gasteiger partial charge in [0.1, 0.15) is 11.6 Å². The molecule has 0 bridgehead atoms. The fourth-order valence-corrected chi connectivity index (χ4v) is 1.83. The average Bonchev–Trinajstić information content (AvgIpc) is 2.69. The molecule has 18 heavy (non-hydrogen) atoms. The first-order chi connectivity index (χ1) is 8.56. The fourth-order valence-electron chi connectivity index (χ4n) is 1.83. The van der Waals surface area contributed by atoms with E-state index in [1.54, 1.807) is 13.1 Å². The van der Waals surface area contributed by atoms with Crippen LogP contribution in [0.4, 0.5) is 14.6 Å². The minimum absolute atomic E-state index is 0.117. The second-order valence-electron chi connectivity index (χ2n) is 3.79. The second-order valence-corrected chi connectivity index (χ2v) is 3.79. The summed E-state index contributed by atoms with van der Waals surface area (Å²) in [6.45, 7) is 0. The zero-order valence-electron chi connectivity index (χ0n) is 10.0. The Morgan fingerprint density at radius 3 is 2.61 bits per heavy atom. The number of aryl methyl sites for hydroxylation is 1. The molecule has 0 amide bonds. The van der Waals surface area contributed by atoms with E-state index in [-0.39, 0.29) is 5.56 Å². The highest BCUT2D eigenvalue weighted by molar-refractivity contribution is 5.81. The molecule has 2 aromatic rings. The zero-order chi connectivity index (χ0) is 13.3. The summed E-state index contributed by atoms with van der Waals surface area (Å²) in [5, 5.41) is 3.96. The van der Waals surface area contributed by atoms with Gasteiger partial charge < -0.3 is 10.5 Å². The summed E-state index contributed by atoms with van der Waals surface area (Å²) in [4.78, 5) is 0. The maximum absolute atomic E-state index is 13.0. The molecule has 0 radical (unpaired) electrons. The Kier molecular flexibility index (Phi) is 3.18. The number of anilines is 1. The van der Waals surface area contributed by atoms with Crippen molar-refractivity contribution in [2.45, 2.75) is 6.43 Å². The van der Waals surface area contributed by atoms with Crippen molar-refractivity contribution in [3.05, 3.63) is 30.0 Å². The Labute approximate surface area is 103 Å². The largest absolute Gasteiger partial charge is 0.496 e. The molecular formula is C12H13F2N3O. The van der Waals surface area contributed by atoms with E-state index in [1.807, 2.05) is 0 Å². The highest BCUT2D eigenvalue weighted by Crippen LogP contribution is 2.40. The van der Waals surface area contributed by atoms with Crippen LogP contribution in [0, 0.1) is 0 Å². The summed E-state index contributed by atoms with van der Waals surface area (Å²) in [7, 11) is 3.08. The van der Waals surface area contributed by atoms with Crippen molar-refractivity contribution in [2.75, 3.05) is 12.8 Å². The average molecular weight is 253 g/mol. The summed E-state index contributed by atoms with van der Waals surface area (Å²) in [6.07, 6.45) is -1.14. The molecule has 1 aromatic carbocycles. The number of nitrogens with two attached hydrogens (primary N) is 1. The molecule has 0 unspecified atom stereocenters. The number of benzene rings is 1. The fraction of sp³-hybridized carbons (Fsp3) is 0.250. The number of methoxy groups -OCH3 is 1. The number of rotatable bonds is 3. The molecule has 2 N–H and O–H groups in total. The van der Waals surface area contributed by atoms with Gasteiger partial charge in [0.15, 0.2) is 0 Å². The Hall–Kier alpha value is -2.11. The van der Waals surface area contributed by atoms with Crippen molar-refractivity contribution < 1.29 is 13.5 Å². The van der Waals surface area contributed by atoms with Gasteiger partial charge in [0.25, 0.3) is 6.43 Å². The lowest BCUT2D eigenvalue weighted by Crippen LogP contribution is -2.00. The molecule has 0 atom stereocenters. The lowest BCUT2D eigenvalue weighted by atomic mass is 10.0. The quantitative estimate of drug-likeness (QED) is 0.914. The zero-order valence-corrected chi connectivity index (χ0v) is 10.0. The van der Waals surface area contributed by atoms with Gasteiger partial charge in [-0.2, -0.15) is 5.10 Å². The van der Waals surface area contributed by atoms with E-state index >= 15 is 0 Å². The molecule has 0 aliphatic heterocycles. The molecule has 1 heterocycles. The molecule has 4 nitrogen and oxygen atoms in total. The van der Waals surface area contributed by atoms with Crippen LogP contribution in [-0.2, 0) is 7.05 Å². The van der Waals surface area contributed by atoms with Crippen molar-refractivity contribution >= 4 is 5.82 Å². The Bertz CT molecular complexity index is 566. The second kappa shape index (κ2) is 4.64. The maximum Gasteiger partial charge on any atom is 0.264 e. The summed E-state index contributed by atoms with van der Waals surface area (Å²) in [5.74, 6) is 0.675. The first-order valence-corrected chi connectivity index (χ1v) is 5.29. The molecule has 0 aliphatic rings. The summed E-state index contributed by atoms with van der Waals surface area (Å²) in [6, 6.07) is 4.50. The van der Waals surface area contributed by atoms with Crippen LogP contribution in [0.2, 0.25) is 0 Å². The smallest absolute Gasteiger partial charge is 0.264 e. The van der Waals surface area contributed by atoms with Crippen LogP contribution >= 0.6 is 0 Å². The van der Waals surface area contributed by atoms with Gasteiger partial charge in [-0.1, -0.05) is 12.1 Å². The van der Waals surface area contributed by atoms with E-state index in [9.17, 15) is 8.78 Å². The van der Waals surface area contributed by atoms with Gasteiger partial charge in [0, 0.05) is 23.7 Å². The summed E-state index contributed by atoms with van der Waals surface area (Å²) >= 11 is 0. The van der Waals surface area contributed by atoms with Gasteiger partial charge in [-0.3, -0.25) is 4.68 Å². The SMILES string of the molecule is COc1cccc(C(F)F)c1-c1cnn(C)c1N. The predicted octanol–water partition coefficient (Wildman–Crippen LogP) is 2.62. The van der Waals surface area contributed by atoms with Crippen LogP contribution in [-0.4, -0.2) is 16.9 Å². The first kappa shape index (κ1) is 12.3. The first-order valence-electron chi connectivity index (χ1n) is 5.29. The standard InChI is InChI=1S/C12H13F2N3O/c1-17-12(15)8(6-16-17)10-7(11(13)14)4-3-5-9(10)18-2/h3-6,11H,15H2,1-2H3. The van der Waals surface area contributed by atoms with Crippen LogP contribution in [0.3, 0.4) is 0 Å². The molecule has 96 valence electrons. The van der Waals surface area contributed by atoms with Gasteiger partial charge in [-0.05, 0) is 6.07 Å². The van der Waals surface area contributed by atoms with Crippen LogP contribution < -0.4 is 10.5 Å². The monoisotopic (exact) mass is 253 g/mol. The van der Waals surface area contributed by atoms with E-state index in [1.165, 1.54) is 30.1 Å². The Morgan fingerprint density at radius 2 is 2.11 bits per heavy atom. The van der Waals surface area contributed by atoms with E-state index in [2.05, 4.69) is 5.10 Å². The van der Waals surface area contributed by atoms with Gasteiger partial charge >= 0.3 is 0 Å². The number of ether oxygens (including phenoxy) is 1. The number of nitrogens with zero attached hydrogens (tertiary/aromatic N) is 2. The van der Waals surface area contributed by atoms with Crippen molar-refractivity contribution in [2.24, 2.45) is 7.05 Å². The third-order valence-corrected chi connectivity index (χ3v) is 2.77. The summed E-state index contributed by atoms with van der Waals surface area (Å²) < 4.78 is 32.6. The van der Waals surface area contributed by atoms with Crippen LogP contribution in [0.5, 0.6) is 5.75 Å². The molecule has 0 spiro atoms. The number of halogens is 2. The van der Waals surface area contributed by atoms with Gasteiger partial charge in [0.05, 0.1) is 13.3 Å². The van der Waals surface area contributed by atoms with Crippen LogP contribution in [0.1, 0.15) is 12.0 Å². The third-order valence-electron chi connectivity index (χ3n) is 2.77. The topological polar surface area (TPSA) is 53.1 Å². The molecular weight excluding hydrogens is 240 g/mol. The number of hydrogen-bond acceptors (Lipinski definition) is 3. The van der Waals surface area contributed by atoms with E-state index in [0.29, 0.717) is 22.7 Å². The molecule has 0 aliphatic carbocycles. The predicted molar refractivity (Wildman–Crippen MR) is 64.6 cm³/mol. The van der Waals surface area contributed by atoms with Crippen molar-refractivity contribution in [1.82, 2.24) is 9.78 Å². The molecule has 0 fully saturated rings.